The van der Waals surface area contributed by atoms with Crippen molar-refractivity contribution in [3.8, 4) is 5.75 Å². The van der Waals surface area contributed by atoms with Crippen molar-refractivity contribution in [2.75, 3.05) is 65.7 Å². The molecule has 1 aliphatic heterocycles. The van der Waals surface area contributed by atoms with Gasteiger partial charge in [-0.25, -0.2) is 0 Å². The van der Waals surface area contributed by atoms with Crippen LogP contribution in [0.15, 0.2) is 36.4 Å². The highest BCUT2D eigenvalue weighted by molar-refractivity contribution is 8.77. The van der Waals surface area contributed by atoms with E-state index in [9.17, 15) is 9.59 Å². The molecule has 0 aromatic heterocycles. The van der Waals surface area contributed by atoms with E-state index in [0.29, 0.717) is 46.1 Å². The molecule has 0 spiro atoms. The van der Waals surface area contributed by atoms with Gasteiger partial charge in [0.1, 0.15) is 19.0 Å². The molecule has 1 unspecified atom stereocenters. The van der Waals surface area contributed by atoms with Crippen LogP contribution in [0.25, 0.3) is 10.8 Å². The number of ether oxygens (including phenoxy) is 6. The van der Waals surface area contributed by atoms with Gasteiger partial charge >= 0.3 is 11.9 Å². The van der Waals surface area contributed by atoms with E-state index < -0.39 is 0 Å². The Bertz CT molecular complexity index is 1030. The Balaban J connectivity index is 1.10. The Morgan fingerprint density at radius 1 is 0.850 bits per heavy atom. The standard InChI is InChI=1S/C30H42O8S2/c1-23(24-7-8-26-22-27(33-2)10-9-25(26)21-24)30(32)38-19-17-36-15-13-34-12-14-35-16-18-37-29(31)6-4-3-5-28-11-20-39-40-28/h7-10,21-23,28H,3-6,11-20H2,1-2H3/t23-,28?/m0/s1. The van der Waals surface area contributed by atoms with Crippen molar-refractivity contribution in [1.82, 2.24) is 0 Å². The van der Waals surface area contributed by atoms with Gasteiger partial charge in [0.25, 0.3) is 0 Å². The highest BCUT2D eigenvalue weighted by Crippen LogP contribution is 2.39. The first-order valence-corrected chi connectivity index (χ1v) is 16.4. The molecule has 0 N–H and O–H groups in total. The molecule has 0 saturated carbocycles. The molecule has 222 valence electrons. The summed E-state index contributed by atoms with van der Waals surface area (Å²) in [6.45, 7) is 4.63. The number of methoxy groups -OCH3 is 1. The van der Waals surface area contributed by atoms with Crippen LogP contribution in [0.5, 0.6) is 5.75 Å². The van der Waals surface area contributed by atoms with Gasteiger partial charge in [-0.1, -0.05) is 52.3 Å². The highest BCUT2D eigenvalue weighted by Gasteiger charge is 2.17. The van der Waals surface area contributed by atoms with E-state index in [2.05, 4.69) is 0 Å². The first-order chi connectivity index (χ1) is 19.6. The first-order valence-electron chi connectivity index (χ1n) is 14.0. The van der Waals surface area contributed by atoms with Crippen LogP contribution in [-0.4, -0.2) is 82.9 Å². The minimum Gasteiger partial charge on any atom is -0.497 e. The van der Waals surface area contributed by atoms with Gasteiger partial charge in [0, 0.05) is 17.4 Å². The molecule has 10 heteroatoms. The van der Waals surface area contributed by atoms with Gasteiger partial charge < -0.3 is 28.4 Å². The summed E-state index contributed by atoms with van der Waals surface area (Å²) in [5.41, 5.74) is 0.904. The summed E-state index contributed by atoms with van der Waals surface area (Å²) in [5.74, 6) is 1.24. The van der Waals surface area contributed by atoms with Crippen molar-refractivity contribution < 1.29 is 38.0 Å². The van der Waals surface area contributed by atoms with E-state index in [4.69, 9.17) is 28.4 Å². The maximum Gasteiger partial charge on any atom is 0.313 e. The second-order valence-corrected chi connectivity index (χ2v) is 12.3. The summed E-state index contributed by atoms with van der Waals surface area (Å²) in [6, 6.07) is 11.8. The Hall–Kier alpha value is -1.98. The SMILES string of the molecule is COc1ccc2cc([C@H](C)C(=O)OCCOCCOCCOCCOC(=O)CCCCC3CCSS3)ccc2c1. The average Bonchev–Trinajstić information content (AvgIpc) is 3.50. The monoisotopic (exact) mass is 594 g/mol. The second-order valence-electron chi connectivity index (χ2n) is 9.49. The van der Waals surface area contributed by atoms with E-state index in [-0.39, 0.29) is 31.1 Å². The molecule has 1 heterocycles. The number of carbonyl (C=O) groups is 2. The molecule has 2 aromatic carbocycles. The minimum absolute atomic E-state index is 0.152. The molecule has 1 saturated heterocycles. The normalized spacial score (nSPS) is 15.7. The van der Waals surface area contributed by atoms with Crippen LogP contribution in [-0.2, 0) is 33.3 Å². The smallest absolute Gasteiger partial charge is 0.313 e. The van der Waals surface area contributed by atoms with Gasteiger partial charge in [-0.2, -0.15) is 0 Å². The summed E-state index contributed by atoms with van der Waals surface area (Å²) in [6.07, 6.45) is 4.93. The third-order valence-corrected chi connectivity index (χ3v) is 9.52. The number of fused-ring (bicyclic) bond motifs is 1. The lowest BCUT2D eigenvalue weighted by Gasteiger charge is -2.13. The van der Waals surface area contributed by atoms with Crippen molar-refractivity contribution in [3.63, 3.8) is 0 Å². The van der Waals surface area contributed by atoms with Crippen LogP contribution >= 0.6 is 21.6 Å². The Kier molecular flexibility index (Phi) is 15.6. The molecule has 3 rings (SSSR count). The predicted octanol–water partition coefficient (Wildman–Crippen LogP) is 5.80. The molecule has 40 heavy (non-hydrogen) atoms. The lowest BCUT2D eigenvalue weighted by Crippen LogP contribution is -2.17. The van der Waals surface area contributed by atoms with Crippen LogP contribution in [0.2, 0.25) is 0 Å². The minimum atomic E-state index is -0.372. The number of esters is 2. The molecule has 0 bridgehead atoms. The molecule has 0 radical (unpaired) electrons. The number of hydrogen-bond acceptors (Lipinski definition) is 10. The van der Waals surface area contributed by atoms with E-state index >= 15 is 0 Å². The lowest BCUT2D eigenvalue weighted by molar-refractivity contribution is -0.147. The van der Waals surface area contributed by atoms with Crippen LogP contribution in [0, 0.1) is 0 Å². The first kappa shape index (κ1) is 32.5. The fourth-order valence-corrected chi connectivity index (χ4v) is 7.16. The van der Waals surface area contributed by atoms with E-state index in [1.165, 1.54) is 18.6 Å². The molecule has 2 atom stereocenters. The zero-order valence-corrected chi connectivity index (χ0v) is 25.2. The number of benzene rings is 2. The second kappa shape index (κ2) is 19.2. The summed E-state index contributed by atoms with van der Waals surface area (Å²) >= 11 is 0. The van der Waals surface area contributed by atoms with Crippen molar-refractivity contribution in [3.05, 3.63) is 42.0 Å². The van der Waals surface area contributed by atoms with E-state index in [0.717, 1.165) is 40.2 Å². The molecule has 1 fully saturated rings. The topological polar surface area (TPSA) is 89.5 Å². The Labute approximate surface area is 245 Å². The van der Waals surface area contributed by atoms with Gasteiger partial charge in [-0.05, 0) is 54.7 Å². The van der Waals surface area contributed by atoms with E-state index in [1.54, 1.807) is 7.11 Å². The van der Waals surface area contributed by atoms with Crippen molar-refractivity contribution in [2.24, 2.45) is 0 Å². The molecule has 0 aliphatic carbocycles. The maximum atomic E-state index is 12.4. The van der Waals surface area contributed by atoms with Crippen LogP contribution < -0.4 is 4.74 Å². The van der Waals surface area contributed by atoms with Crippen LogP contribution in [0.1, 0.15) is 50.5 Å². The lowest BCUT2D eigenvalue weighted by atomic mass is 9.98. The van der Waals surface area contributed by atoms with Gasteiger partial charge in [0.05, 0.1) is 52.7 Å². The van der Waals surface area contributed by atoms with Gasteiger partial charge in [0.15, 0.2) is 0 Å². The maximum absolute atomic E-state index is 12.4. The van der Waals surface area contributed by atoms with Crippen molar-refractivity contribution in [2.45, 2.75) is 50.2 Å². The summed E-state index contributed by atoms with van der Waals surface area (Å²) in [7, 11) is 5.58. The Morgan fingerprint density at radius 3 is 2.17 bits per heavy atom. The molecule has 1 aliphatic rings. The average molecular weight is 595 g/mol. The van der Waals surface area contributed by atoms with Crippen LogP contribution in [0.4, 0.5) is 0 Å². The van der Waals surface area contributed by atoms with E-state index in [1.807, 2.05) is 64.9 Å². The van der Waals surface area contributed by atoms with Crippen LogP contribution in [0.3, 0.4) is 0 Å². The fourth-order valence-electron chi connectivity index (χ4n) is 4.14. The predicted molar refractivity (Wildman–Crippen MR) is 160 cm³/mol. The number of carbonyl (C=O) groups excluding carboxylic acids is 2. The largest absolute Gasteiger partial charge is 0.497 e. The fraction of sp³-hybridized carbons (Fsp3) is 0.600. The van der Waals surface area contributed by atoms with Gasteiger partial charge in [0.2, 0.25) is 0 Å². The molecular formula is C30H42O8S2. The zero-order chi connectivity index (χ0) is 28.4. The van der Waals surface area contributed by atoms with Gasteiger partial charge in [-0.3, -0.25) is 9.59 Å². The molecule has 2 aromatic rings. The van der Waals surface area contributed by atoms with Gasteiger partial charge in [-0.15, -0.1) is 0 Å². The van der Waals surface area contributed by atoms with Crippen molar-refractivity contribution >= 4 is 44.3 Å². The number of hydrogen-bond donors (Lipinski definition) is 0. The Morgan fingerprint density at radius 2 is 1.50 bits per heavy atom. The summed E-state index contributed by atoms with van der Waals surface area (Å²) in [5, 5.41) is 2.86. The summed E-state index contributed by atoms with van der Waals surface area (Å²) in [4.78, 5) is 24.2. The third-order valence-electron chi connectivity index (χ3n) is 6.52. The number of unbranched alkanes of at least 4 members (excludes halogenated alkanes) is 1. The molecule has 8 nitrogen and oxygen atoms in total. The number of rotatable bonds is 20. The quantitative estimate of drug-likeness (QED) is 0.106. The third kappa shape index (κ3) is 12.3. The summed E-state index contributed by atoms with van der Waals surface area (Å²) < 4.78 is 32.2. The van der Waals surface area contributed by atoms with Crippen molar-refractivity contribution in [1.29, 1.82) is 0 Å². The molecular weight excluding hydrogens is 552 g/mol. The molecule has 0 amide bonds. The zero-order valence-electron chi connectivity index (χ0n) is 23.6. The highest BCUT2D eigenvalue weighted by atomic mass is 33.1.